The van der Waals surface area contributed by atoms with E-state index in [1.165, 1.54) is 19.4 Å². The number of aromatic nitrogens is 1. The standard InChI is InChI=1S/C26H18ClFN3O3/c1-14-10-18-21(12-19(14)28)31(13-16-11-15-6-3-4-8-20(15)30-24(16)27)23(26(33)34-2)22(18)17-7-5-9-29-25(17)32/h3-12H,13H2,1-2H3/q+1. The van der Waals surface area contributed by atoms with Gasteiger partial charge < -0.3 is 4.74 Å². The van der Waals surface area contributed by atoms with Crippen LogP contribution < -0.4 is 0 Å². The summed E-state index contributed by atoms with van der Waals surface area (Å²) < 4.78 is 21.4. The molecule has 6 nitrogen and oxygen atoms in total. The third-order valence-corrected chi connectivity index (χ3v) is 6.17. The van der Waals surface area contributed by atoms with Gasteiger partial charge in [0.05, 0.1) is 34.9 Å². The number of fused-ring (bicyclic) bond motifs is 2. The number of aryl methyl sites for hydroxylation is 1. The van der Waals surface area contributed by atoms with Gasteiger partial charge in [-0.25, -0.2) is 19.2 Å². The van der Waals surface area contributed by atoms with Crippen molar-refractivity contribution in [1.82, 2.24) is 4.98 Å². The van der Waals surface area contributed by atoms with E-state index in [4.69, 9.17) is 16.3 Å². The molecule has 3 aromatic rings. The van der Waals surface area contributed by atoms with E-state index >= 15 is 0 Å². The van der Waals surface area contributed by atoms with Crippen molar-refractivity contribution in [3.8, 4) is 0 Å². The highest BCUT2D eigenvalue weighted by Gasteiger charge is 2.43. The van der Waals surface area contributed by atoms with E-state index in [1.807, 2.05) is 30.3 Å². The number of pyridine rings is 1. The summed E-state index contributed by atoms with van der Waals surface area (Å²) in [5.41, 5.74) is 3.37. The van der Waals surface area contributed by atoms with Crippen LogP contribution in [0.5, 0.6) is 0 Å². The lowest BCUT2D eigenvalue weighted by molar-refractivity contribution is -0.453. The average molecular weight is 475 g/mol. The van der Waals surface area contributed by atoms with Crippen LogP contribution in [0.2, 0.25) is 5.15 Å². The molecule has 1 amide bonds. The predicted octanol–water partition coefficient (Wildman–Crippen LogP) is 4.73. The molecule has 3 heterocycles. The highest BCUT2D eigenvalue weighted by Crippen LogP contribution is 2.40. The maximum absolute atomic E-state index is 14.7. The van der Waals surface area contributed by atoms with Gasteiger partial charge in [-0.3, -0.25) is 4.79 Å². The van der Waals surface area contributed by atoms with Crippen LogP contribution in [-0.2, 0) is 20.9 Å². The number of rotatable bonds is 3. The molecule has 0 saturated carbocycles. The summed E-state index contributed by atoms with van der Waals surface area (Å²) in [6.45, 7) is 1.73. The molecule has 1 aromatic heterocycles. The molecule has 2 aromatic carbocycles. The smallest absolute Gasteiger partial charge is 0.404 e. The molecule has 0 aliphatic carbocycles. The number of dihydropyridines is 1. The predicted molar refractivity (Wildman–Crippen MR) is 128 cm³/mol. The second kappa shape index (κ2) is 8.43. The number of hydrogen-bond donors (Lipinski definition) is 0. The van der Waals surface area contributed by atoms with Crippen molar-refractivity contribution in [3.05, 3.63) is 87.9 Å². The molecule has 0 spiro atoms. The van der Waals surface area contributed by atoms with Crippen LogP contribution in [-0.4, -0.2) is 40.5 Å². The van der Waals surface area contributed by atoms with Crippen LogP contribution in [0.4, 0.5) is 10.1 Å². The van der Waals surface area contributed by atoms with Gasteiger partial charge in [0.2, 0.25) is 5.69 Å². The quantitative estimate of drug-likeness (QED) is 0.238. The van der Waals surface area contributed by atoms with Crippen molar-refractivity contribution in [1.29, 1.82) is 0 Å². The van der Waals surface area contributed by atoms with Crippen LogP contribution in [0.25, 0.3) is 16.5 Å². The summed E-state index contributed by atoms with van der Waals surface area (Å²) >= 11 is 6.50. The van der Waals surface area contributed by atoms with E-state index < -0.39 is 17.7 Å². The molecule has 34 heavy (non-hydrogen) atoms. The van der Waals surface area contributed by atoms with Crippen LogP contribution in [0.3, 0.4) is 0 Å². The number of ether oxygens (including phenoxy) is 1. The molecule has 0 atom stereocenters. The summed E-state index contributed by atoms with van der Waals surface area (Å²) in [5.74, 6) is -1.61. The molecule has 0 unspecified atom stereocenters. The number of aliphatic imine (C=N–C) groups is 1. The molecular weight excluding hydrogens is 457 g/mol. The van der Waals surface area contributed by atoms with Crippen LogP contribution in [0.15, 0.2) is 65.2 Å². The normalized spacial score (nSPS) is 17.0. The Morgan fingerprint density at radius 3 is 2.76 bits per heavy atom. The van der Waals surface area contributed by atoms with Crippen molar-refractivity contribution in [2.75, 3.05) is 7.11 Å². The Labute approximate surface area is 199 Å². The Morgan fingerprint density at radius 1 is 1.21 bits per heavy atom. The number of esters is 1. The highest BCUT2D eigenvalue weighted by atomic mass is 35.5. The maximum Gasteiger partial charge on any atom is 0.404 e. The van der Waals surface area contributed by atoms with Crippen molar-refractivity contribution in [2.45, 2.75) is 13.5 Å². The largest absolute Gasteiger partial charge is 0.461 e. The number of allylic oxidation sites excluding steroid dienone is 1. The number of nitrogens with zero attached hydrogens (tertiary/aromatic N) is 3. The van der Waals surface area contributed by atoms with Gasteiger partial charge in [0, 0.05) is 17.7 Å². The van der Waals surface area contributed by atoms with Gasteiger partial charge in [0.25, 0.3) is 5.91 Å². The minimum atomic E-state index is -0.669. The summed E-state index contributed by atoms with van der Waals surface area (Å²) in [6.07, 6.45) is 4.58. The zero-order valence-corrected chi connectivity index (χ0v) is 19.1. The molecule has 0 fully saturated rings. The summed E-state index contributed by atoms with van der Waals surface area (Å²) in [4.78, 5) is 34.0. The van der Waals surface area contributed by atoms with E-state index in [9.17, 15) is 14.0 Å². The summed E-state index contributed by atoms with van der Waals surface area (Å²) in [6, 6.07) is 12.4. The first kappa shape index (κ1) is 21.9. The lowest BCUT2D eigenvalue weighted by Gasteiger charge is -2.07. The monoisotopic (exact) mass is 474 g/mol. The van der Waals surface area contributed by atoms with E-state index in [2.05, 4.69) is 9.98 Å². The summed E-state index contributed by atoms with van der Waals surface area (Å²) in [7, 11) is 1.26. The fraction of sp³-hybridized carbons (Fsp3) is 0.115. The lowest BCUT2D eigenvalue weighted by Crippen LogP contribution is -2.25. The van der Waals surface area contributed by atoms with Gasteiger partial charge in [-0.1, -0.05) is 29.8 Å². The Balaban J connectivity index is 1.80. The van der Waals surface area contributed by atoms with E-state index in [-0.39, 0.29) is 23.0 Å². The van der Waals surface area contributed by atoms with Crippen molar-refractivity contribution >= 4 is 57.6 Å². The molecular formula is C26H18ClFN3O3+. The molecule has 0 saturated heterocycles. The Bertz CT molecular complexity index is 1540. The fourth-order valence-electron chi connectivity index (χ4n) is 4.22. The van der Waals surface area contributed by atoms with Gasteiger partial charge in [-0.05, 0) is 42.8 Å². The Morgan fingerprint density at radius 2 is 2.00 bits per heavy atom. The number of halogens is 2. The van der Waals surface area contributed by atoms with Crippen molar-refractivity contribution in [2.24, 2.45) is 4.99 Å². The number of para-hydroxylation sites is 1. The molecule has 0 radical (unpaired) electrons. The number of methoxy groups -OCH3 is 1. The number of benzene rings is 2. The van der Waals surface area contributed by atoms with Gasteiger partial charge in [-0.15, -0.1) is 0 Å². The Hall–Kier alpha value is -3.97. The third-order valence-electron chi connectivity index (χ3n) is 5.84. The summed E-state index contributed by atoms with van der Waals surface area (Å²) in [5, 5.41) is 1.13. The second-order valence-electron chi connectivity index (χ2n) is 7.91. The first-order chi connectivity index (χ1) is 16.4. The number of hydrogen-bond acceptors (Lipinski definition) is 4. The Kier molecular flexibility index (Phi) is 5.42. The first-order valence-corrected chi connectivity index (χ1v) is 10.8. The molecule has 2 aliphatic rings. The van der Waals surface area contributed by atoms with Crippen molar-refractivity contribution < 1.29 is 23.3 Å². The van der Waals surface area contributed by atoms with Crippen molar-refractivity contribution in [3.63, 3.8) is 0 Å². The molecule has 8 heteroatoms. The van der Waals surface area contributed by atoms with E-state index in [0.717, 1.165) is 10.9 Å². The van der Waals surface area contributed by atoms with E-state index in [1.54, 1.807) is 29.7 Å². The first-order valence-electron chi connectivity index (χ1n) is 10.5. The zero-order chi connectivity index (χ0) is 24.0. The molecule has 0 N–H and O–H groups in total. The highest BCUT2D eigenvalue weighted by molar-refractivity contribution is 6.55. The van der Waals surface area contributed by atoms with Crippen LogP contribution in [0, 0.1) is 12.7 Å². The van der Waals surface area contributed by atoms with E-state index in [0.29, 0.717) is 28.0 Å². The minimum absolute atomic E-state index is 0.106. The fourth-order valence-corrected chi connectivity index (χ4v) is 4.43. The average Bonchev–Trinajstić information content (AvgIpc) is 3.12. The SMILES string of the molecule is COC(=O)C1=[N+](Cc2cc3ccccc3nc2Cl)c2cc(F)c(C)cc2C1=C1C=CC=NC1=O. The second-order valence-corrected chi connectivity index (χ2v) is 8.27. The third kappa shape index (κ3) is 3.54. The zero-order valence-electron chi connectivity index (χ0n) is 18.3. The minimum Gasteiger partial charge on any atom is -0.461 e. The molecule has 2 aliphatic heterocycles. The topological polar surface area (TPSA) is 71.6 Å². The van der Waals surface area contributed by atoms with Gasteiger partial charge >= 0.3 is 11.7 Å². The van der Waals surface area contributed by atoms with Crippen LogP contribution in [0.1, 0.15) is 16.7 Å². The van der Waals surface area contributed by atoms with Gasteiger partial charge in [0.1, 0.15) is 11.0 Å². The molecule has 0 bridgehead atoms. The molecule has 168 valence electrons. The van der Waals surface area contributed by atoms with Gasteiger partial charge in [-0.2, -0.15) is 4.58 Å². The number of amides is 1. The van der Waals surface area contributed by atoms with Crippen LogP contribution >= 0.6 is 11.6 Å². The maximum atomic E-state index is 14.7. The number of carbonyl (C=O) groups is 2. The number of carbonyl (C=O) groups excluding carboxylic acids is 2. The van der Waals surface area contributed by atoms with Gasteiger partial charge in [0.15, 0.2) is 6.54 Å². The molecule has 5 rings (SSSR count). The lowest BCUT2D eigenvalue weighted by atomic mass is 9.94.